The van der Waals surface area contributed by atoms with E-state index < -0.39 is 153 Å². The molecule has 0 fully saturated rings. The summed E-state index contributed by atoms with van der Waals surface area (Å²) in [5, 5.41) is 0.330. The lowest BCUT2D eigenvalue weighted by Crippen LogP contribution is -3.07. The molecule has 5 aromatic rings. The van der Waals surface area contributed by atoms with Crippen molar-refractivity contribution in [1.82, 2.24) is 0 Å². The Kier molecular flexibility index (Phi) is 36.3. The van der Waals surface area contributed by atoms with Gasteiger partial charge in [-0.3, -0.25) is 4.90 Å². The van der Waals surface area contributed by atoms with Gasteiger partial charge in [0.05, 0.1) is 13.1 Å². The van der Waals surface area contributed by atoms with Gasteiger partial charge in [-0.05, 0) is 31.7 Å². The minimum absolute atomic E-state index is 0.0447. The third-order valence-electron chi connectivity index (χ3n) is 17.6. The predicted molar refractivity (Wildman–Crippen MR) is 333 cm³/mol. The van der Waals surface area contributed by atoms with Crippen molar-refractivity contribution in [3.63, 3.8) is 0 Å². The van der Waals surface area contributed by atoms with Crippen molar-refractivity contribution in [2.75, 3.05) is 13.1 Å². The van der Waals surface area contributed by atoms with Gasteiger partial charge in [0.25, 0.3) is 0 Å². The topological polar surface area (TPSA) is 13.7 Å². The van der Waals surface area contributed by atoms with Gasteiger partial charge in [0, 0.05) is 17.9 Å². The third-order valence-corrected chi connectivity index (χ3v) is 20.1. The SMILES string of the molecule is CCCCCCCCCCCCCCCCCC[NH+](CCCCCCCCCCCCCCCCCC)c1c(F)cc(F)cc1F.C[CH2][Al]([CH2]C)[O]c1ccccc1[B-](c1c(F)c(F)c(F)c(F)c1F)(c1c(F)c(F)c(F)c(F)c1F)c1c(F)c(F)c(F)c(F)c1F. The number of rotatable bonds is 43. The highest BCUT2D eigenvalue weighted by molar-refractivity contribution is 7.20. The molecule has 5 aromatic carbocycles. The number of benzene rings is 5. The van der Waals surface area contributed by atoms with Gasteiger partial charge in [0.2, 0.25) is 5.69 Å². The van der Waals surface area contributed by atoms with Crippen LogP contribution in [0.4, 0.5) is 84.7 Å². The highest BCUT2D eigenvalue weighted by Gasteiger charge is 2.50. The summed E-state index contributed by atoms with van der Waals surface area (Å²) >= 11 is -2.63. The van der Waals surface area contributed by atoms with Crippen molar-refractivity contribution < 1.29 is 87.7 Å². The van der Waals surface area contributed by atoms with E-state index in [0.29, 0.717) is 6.07 Å². The normalized spacial score (nSPS) is 11.7. The van der Waals surface area contributed by atoms with Crippen molar-refractivity contribution >= 4 is 48.2 Å². The van der Waals surface area contributed by atoms with Gasteiger partial charge in [0.1, 0.15) is 46.9 Å². The van der Waals surface area contributed by atoms with Gasteiger partial charge in [-0.1, -0.05) is 236 Å². The molecule has 0 aliphatic rings. The zero-order chi connectivity index (χ0) is 67.9. The monoisotopic (exact) mass is 1340 g/mol. The Labute approximate surface area is 537 Å². The molecule has 0 aromatic heterocycles. The number of para-hydroxylation sites is 1. The molecule has 1 N–H and O–H groups in total. The van der Waals surface area contributed by atoms with E-state index in [1.807, 2.05) is 0 Å². The van der Waals surface area contributed by atoms with E-state index in [2.05, 4.69) is 13.8 Å². The first kappa shape index (κ1) is 79.6. The highest BCUT2D eigenvalue weighted by Crippen LogP contribution is 2.31. The summed E-state index contributed by atoms with van der Waals surface area (Å²) in [6.45, 7) is 9.04. The molecule has 0 spiro atoms. The molecule has 0 bridgehead atoms. The quantitative estimate of drug-likeness (QED) is 0.0135. The second-order valence-corrected chi connectivity index (χ2v) is 27.5. The van der Waals surface area contributed by atoms with Gasteiger partial charge >= 0.3 is 14.5 Å². The summed E-state index contributed by atoms with van der Waals surface area (Å²) in [6, 6.07) is 4.63. The molecule has 0 heterocycles. The number of unbranched alkanes of at least 4 members (excludes halogenated alkanes) is 30. The number of halogens is 18. The summed E-state index contributed by atoms with van der Waals surface area (Å²) in [5.74, 6) is -49.0. The van der Waals surface area contributed by atoms with Gasteiger partial charge in [0.15, 0.2) is 64.0 Å². The molecule has 0 atom stereocenters. The summed E-state index contributed by atoms with van der Waals surface area (Å²) in [7, 11) is 0. The average Bonchev–Trinajstić information content (AvgIpc) is 0.690. The number of hydrogen-bond acceptors (Lipinski definition) is 1. The maximum atomic E-state index is 15.8. The van der Waals surface area contributed by atoms with Crippen molar-refractivity contribution in [2.45, 2.75) is 244 Å². The fraction of sp³-hybridized carbons (Fsp3) is 0.571. The zero-order valence-electron chi connectivity index (χ0n) is 53.8. The first-order valence-corrected chi connectivity index (χ1v) is 35.7. The van der Waals surface area contributed by atoms with E-state index in [0.717, 1.165) is 74.0 Å². The van der Waals surface area contributed by atoms with Crippen LogP contribution in [0, 0.1) is 105 Å². The largest absolute Gasteiger partial charge is 0.645 e. The Morgan fingerprint density at radius 3 is 0.815 bits per heavy atom. The minimum atomic E-state index is -5.90. The van der Waals surface area contributed by atoms with Gasteiger partial charge < -0.3 is 3.79 Å². The van der Waals surface area contributed by atoms with Crippen molar-refractivity contribution in [2.24, 2.45) is 0 Å². The number of quaternary nitrogens is 1. The highest BCUT2D eigenvalue weighted by atomic mass is 27.2. The maximum Gasteiger partial charge on any atom is 0.546 e. The number of nitrogens with one attached hydrogen (secondary N) is 1. The molecule has 0 amide bonds. The summed E-state index contributed by atoms with van der Waals surface area (Å²) < 4.78 is 275. The Balaban J connectivity index is 0.000000392. The van der Waals surface area contributed by atoms with Gasteiger partial charge in [-0.2, -0.15) is 5.46 Å². The molecule has 0 unspecified atom stereocenters. The number of hydrogen-bond donors (Lipinski definition) is 1. The van der Waals surface area contributed by atoms with Crippen LogP contribution in [0.25, 0.3) is 0 Å². The fourth-order valence-corrected chi connectivity index (χ4v) is 14.0. The molecule has 0 saturated carbocycles. The average molecular weight is 1340 g/mol. The molecule has 0 aliphatic heterocycles. The standard InChI is InChI=1S/C42H76F3N.C24H5BF15O.2C2H5.Al/c1-3-5-7-9-11-13-15-17-19-21-23-25-27-29-31-33-35-46(42-40(44)37-39(43)38-41(42)45)36-34-32-30-28-26-24-22-20-18-16-14-12-10-8-6-4-2;26-10-7(11(27)17(33)22(38)16(10)32)25(5-3-1-2-4-6(5)41,8-12(28)18(34)23(39)19(35)13(8)29)9-14(30)20(36)24(40)21(37)15(9)31;2*1-2;/h37-38H,3-36H2,1-2H3;1-4,41H;2*1H2,2H3;/q;-1;;;+1. The lowest BCUT2D eigenvalue weighted by molar-refractivity contribution is -0.835. The second-order valence-electron chi connectivity index (χ2n) is 24.4. The van der Waals surface area contributed by atoms with Crippen LogP contribution in [0.1, 0.15) is 233 Å². The van der Waals surface area contributed by atoms with E-state index >= 15 is 26.3 Å². The molecule has 0 aliphatic carbocycles. The molecule has 514 valence electrons. The molecule has 0 radical (unpaired) electrons. The van der Waals surface area contributed by atoms with Crippen molar-refractivity contribution in [3.8, 4) is 5.75 Å². The molecule has 0 saturated heterocycles. The van der Waals surface area contributed by atoms with E-state index in [1.54, 1.807) is 0 Å². The molecular weight excluding hydrogens is 1250 g/mol. The fourth-order valence-electron chi connectivity index (χ4n) is 12.5. The first-order valence-electron chi connectivity index (χ1n) is 33.6. The summed E-state index contributed by atoms with van der Waals surface area (Å²) in [6.07, 6.45) is 36.2. The van der Waals surface area contributed by atoms with Crippen LogP contribution in [0.15, 0.2) is 36.4 Å². The van der Waals surface area contributed by atoms with Gasteiger partial charge in [-0.15, -0.1) is 16.4 Å². The Morgan fingerprint density at radius 1 is 0.315 bits per heavy atom. The van der Waals surface area contributed by atoms with Crippen LogP contribution < -0.4 is 30.5 Å². The second kappa shape index (κ2) is 41.9. The lowest BCUT2D eigenvalue weighted by atomic mass is 9.12. The molecule has 22 heteroatoms. The summed E-state index contributed by atoms with van der Waals surface area (Å²) in [4.78, 5) is 0.853. The maximum absolute atomic E-state index is 15.8. The Morgan fingerprint density at radius 2 is 0.554 bits per heavy atom. The van der Waals surface area contributed by atoms with Crippen LogP contribution in [-0.2, 0) is 0 Å². The summed E-state index contributed by atoms with van der Waals surface area (Å²) in [5.41, 5.74) is -9.53. The van der Waals surface area contributed by atoms with Crippen LogP contribution in [0.5, 0.6) is 5.75 Å². The molecular formula is C70H91AlBF18NO. The smallest absolute Gasteiger partial charge is 0.546 e. The Hall–Kier alpha value is -4.80. The first-order chi connectivity index (χ1) is 44.1. The Bertz CT molecular complexity index is 2720. The molecule has 92 heavy (non-hydrogen) atoms. The van der Waals surface area contributed by atoms with Crippen LogP contribution in [0.3, 0.4) is 0 Å². The lowest BCUT2D eigenvalue weighted by Gasteiger charge is -2.45. The molecule has 5 rings (SSSR count). The van der Waals surface area contributed by atoms with Gasteiger partial charge in [-0.25, -0.2) is 79.0 Å². The van der Waals surface area contributed by atoms with E-state index in [1.165, 1.54) is 194 Å². The van der Waals surface area contributed by atoms with Crippen LogP contribution in [-0.4, -0.2) is 33.7 Å². The van der Waals surface area contributed by atoms with E-state index in [4.69, 9.17) is 3.79 Å². The predicted octanol–water partition coefficient (Wildman–Crippen LogP) is 20.7. The van der Waals surface area contributed by atoms with Crippen molar-refractivity contribution in [3.05, 3.63) is 141 Å². The third kappa shape index (κ3) is 21.9. The van der Waals surface area contributed by atoms with E-state index in [9.17, 15) is 52.7 Å². The van der Waals surface area contributed by atoms with Crippen molar-refractivity contribution in [1.29, 1.82) is 0 Å². The minimum Gasteiger partial charge on any atom is -0.645 e. The molecule has 2 nitrogen and oxygen atoms in total. The van der Waals surface area contributed by atoms with Crippen LogP contribution in [0.2, 0.25) is 10.6 Å². The van der Waals surface area contributed by atoms with E-state index in [-0.39, 0.29) is 16.3 Å². The van der Waals surface area contributed by atoms with Crippen LogP contribution >= 0.6 is 0 Å². The zero-order valence-corrected chi connectivity index (χ0v) is 54.9.